The van der Waals surface area contributed by atoms with Crippen molar-refractivity contribution in [2.24, 2.45) is 0 Å². The van der Waals surface area contributed by atoms with Crippen LogP contribution in [0.5, 0.6) is 0 Å². The number of aromatic nitrogens is 2. The normalized spacial score (nSPS) is 17.7. The molecule has 1 aliphatic carbocycles. The zero-order valence-corrected chi connectivity index (χ0v) is 17.3. The second kappa shape index (κ2) is 8.12. The van der Waals surface area contributed by atoms with Crippen LogP contribution in [-0.4, -0.2) is 46.3 Å². The van der Waals surface area contributed by atoms with Crippen molar-refractivity contribution in [3.8, 4) is 22.4 Å². The van der Waals surface area contributed by atoms with Crippen molar-refractivity contribution in [2.75, 3.05) is 19.7 Å². The van der Waals surface area contributed by atoms with Crippen LogP contribution in [-0.2, 0) is 4.74 Å². The number of carbonyl (C=O) groups is 1. The van der Waals surface area contributed by atoms with E-state index in [9.17, 15) is 9.59 Å². The van der Waals surface area contributed by atoms with Crippen LogP contribution in [0.15, 0.2) is 65.5 Å². The molecule has 3 aromatic rings. The highest BCUT2D eigenvalue weighted by Gasteiger charge is 2.40. The smallest absolute Gasteiger partial charge is 0.277 e. The minimum atomic E-state index is -0.466. The molecule has 6 heteroatoms. The summed E-state index contributed by atoms with van der Waals surface area (Å²) in [5, 5.41) is 6.91. The number of carbonyl (C=O) groups excluding carboxylic acids is 1. The van der Waals surface area contributed by atoms with Crippen molar-refractivity contribution in [3.05, 3.63) is 76.6 Å². The van der Waals surface area contributed by atoms with Crippen LogP contribution in [0.1, 0.15) is 36.0 Å². The Morgan fingerprint density at radius 1 is 0.935 bits per heavy atom. The number of hydrogen-bond acceptors (Lipinski definition) is 4. The standard InChI is InChI=1S/C25H25N3O3/c29-23-21(24(30)28-15-14-25(12-7-13-25)31-17-16-28)20(18-8-3-1-4-9-18)22(26-27-23)19-10-5-2-6-11-19/h1-6,8-11H,7,12-17H2,(H,27,29). The molecule has 0 atom stereocenters. The molecule has 1 spiro atoms. The molecule has 1 amide bonds. The molecule has 1 saturated carbocycles. The Morgan fingerprint density at radius 2 is 1.61 bits per heavy atom. The minimum absolute atomic E-state index is 0.0723. The third kappa shape index (κ3) is 3.68. The minimum Gasteiger partial charge on any atom is -0.373 e. The fourth-order valence-electron chi connectivity index (χ4n) is 4.57. The van der Waals surface area contributed by atoms with Gasteiger partial charge in [-0.25, -0.2) is 5.10 Å². The van der Waals surface area contributed by atoms with Crippen LogP contribution in [0, 0.1) is 0 Å². The van der Waals surface area contributed by atoms with Gasteiger partial charge in [-0.1, -0.05) is 60.7 Å². The molecule has 1 aliphatic heterocycles. The van der Waals surface area contributed by atoms with E-state index in [1.807, 2.05) is 60.7 Å². The third-order valence-electron chi connectivity index (χ3n) is 6.47. The Bertz CT molecular complexity index is 1140. The van der Waals surface area contributed by atoms with Gasteiger partial charge in [0, 0.05) is 24.2 Å². The molecule has 2 aliphatic rings. The van der Waals surface area contributed by atoms with Crippen LogP contribution >= 0.6 is 0 Å². The lowest BCUT2D eigenvalue weighted by molar-refractivity contribution is -0.0929. The Hall–Kier alpha value is -3.25. The largest absolute Gasteiger partial charge is 0.373 e. The van der Waals surface area contributed by atoms with Gasteiger partial charge >= 0.3 is 0 Å². The molecule has 158 valence electrons. The SMILES string of the molecule is O=C(c1c(-c2ccccc2)c(-c2ccccc2)n[nH]c1=O)N1CCOC2(CCC2)CC1. The topological polar surface area (TPSA) is 75.3 Å². The molecule has 1 saturated heterocycles. The molecule has 2 fully saturated rings. The highest BCUT2D eigenvalue weighted by molar-refractivity contribution is 6.03. The maximum atomic E-state index is 13.7. The molecule has 6 nitrogen and oxygen atoms in total. The number of H-pyrrole nitrogens is 1. The van der Waals surface area contributed by atoms with Crippen LogP contribution < -0.4 is 5.56 Å². The number of rotatable bonds is 3. The Morgan fingerprint density at radius 3 is 2.26 bits per heavy atom. The number of nitrogens with one attached hydrogen (secondary N) is 1. The summed E-state index contributed by atoms with van der Waals surface area (Å²) in [5.74, 6) is -0.264. The van der Waals surface area contributed by atoms with Gasteiger partial charge in [-0.3, -0.25) is 9.59 Å². The molecule has 1 N–H and O–H groups in total. The first-order chi connectivity index (χ1) is 15.2. The fraction of sp³-hybridized carbons (Fsp3) is 0.320. The molecule has 1 aromatic heterocycles. The van der Waals surface area contributed by atoms with E-state index >= 15 is 0 Å². The van der Waals surface area contributed by atoms with Crippen molar-refractivity contribution in [1.82, 2.24) is 15.1 Å². The number of hydrogen-bond donors (Lipinski definition) is 1. The summed E-state index contributed by atoms with van der Waals surface area (Å²) in [5.41, 5.74) is 2.41. The zero-order chi connectivity index (χ0) is 21.3. The van der Waals surface area contributed by atoms with Crippen LogP contribution in [0.2, 0.25) is 0 Å². The first-order valence-corrected chi connectivity index (χ1v) is 10.8. The van der Waals surface area contributed by atoms with E-state index in [0.717, 1.165) is 30.4 Å². The average molecular weight is 415 g/mol. The second-order valence-electron chi connectivity index (χ2n) is 8.31. The summed E-state index contributed by atoms with van der Waals surface area (Å²) in [6.07, 6.45) is 4.10. The van der Waals surface area contributed by atoms with E-state index in [2.05, 4.69) is 10.2 Å². The monoisotopic (exact) mass is 415 g/mol. The van der Waals surface area contributed by atoms with E-state index in [1.165, 1.54) is 6.42 Å². The molecule has 0 radical (unpaired) electrons. The fourth-order valence-corrected chi connectivity index (χ4v) is 4.57. The number of amides is 1. The van der Waals surface area contributed by atoms with Crippen molar-refractivity contribution >= 4 is 5.91 Å². The zero-order valence-electron chi connectivity index (χ0n) is 17.3. The third-order valence-corrected chi connectivity index (χ3v) is 6.47. The van der Waals surface area contributed by atoms with Crippen LogP contribution in [0.25, 0.3) is 22.4 Å². The lowest BCUT2D eigenvalue weighted by Crippen LogP contribution is -2.41. The second-order valence-corrected chi connectivity index (χ2v) is 8.31. The predicted octanol–water partition coefficient (Wildman–Crippen LogP) is 3.89. The van der Waals surface area contributed by atoms with Crippen LogP contribution in [0.3, 0.4) is 0 Å². The lowest BCUT2D eigenvalue weighted by atomic mass is 9.77. The molecule has 0 bridgehead atoms. The van der Waals surface area contributed by atoms with Crippen LogP contribution in [0.4, 0.5) is 0 Å². The summed E-state index contributed by atoms with van der Waals surface area (Å²) in [6.45, 7) is 1.58. The van der Waals surface area contributed by atoms with E-state index in [0.29, 0.717) is 31.0 Å². The van der Waals surface area contributed by atoms with Crippen molar-refractivity contribution in [3.63, 3.8) is 0 Å². The lowest BCUT2D eigenvalue weighted by Gasteiger charge is -2.40. The summed E-state index contributed by atoms with van der Waals surface area (Å²) in [7, 11) is 0. The first-order valence-electron chi connectivity index (χ1n) is 10.8. The summed E-state index contributed by atoms with van der Waals surface area (Å²) >= 11 is 0. The van der Waals surface area contributed by atoms with Gasteiger partial charge in [0.05, 0.1) is 17.9 Å². The van der Waals surface area contributed by atoms with Crippen molar-refractivity contribution in [1.29, 1.82) is 0 Å². The van der Waals surface area contributed by atoms with Gasteiger partial charge in [0.15, 0.2) is 0 Å². The van der Waals surface area contributed by atoms with Gasteiger partial charge in [-0.2, -0.15) is 5.10 Å². The quantitative estimate of drug-likeness (QED) is 0.704. The number of ether oxygens (including phenoxy) is 1. The van der Waals surface area contributed by atoms with Gasteiger partial charge in [-0.05, 0) is 31.2 Å². The van der Waals surface area contributed by atoms with Gasteiger partial charge in [-0.15, -0.1) is 0 Å². The highest BCUT2D eigenvalue weighted by Crippen LogP contribution is 2.40. The number of benzene rings is 2. The Balaban J connectivity index is 1.61. The van der Waals surface area contributed by atoms with E-state index in [-0.39, 0.29) is 17.1 Å². The molecule has 31 heavy (non-hydrogen) atoms. The van der Waals surface area contributed by atoms with Gasteiger partial charge < -0.3 is 9.64 Å². The summed E-state index contributed by atoms with van der Waals surface area (Å²) < 4.78 is 6.09. The van der Waals surface area contributed by atoms with E-state index in [1.54, 1.807) is 4.90 Å². The van der Waals surface area contributed by atoms with Crippen molar-refractivity contribution in [2.45, 2.75) is 31.3 Å². The molecule has 2 heterocycles. The number of nitrogens with zero attached hydrogens (tertiary/aromatic N) is 2. The maximum absolute atomic E-state index is 13.7. The van der Waals surface area contributed by atoms with Crippen molar-refractivity contribution < 1.29 is 9.53 Å². The Labute approximate surface area is 180 Å². The maximum Gasteiger partial charge on any atom is 0.277 e. The van der Waals surface area contributed by atoms with E-state index in [4.69, 9.17) is 4.74 Å². The average Bonchev–Trinajstić information content (AvgIpc) is 3.03. The molecular weight excluding hydrogens is 390 g/mol. The Kier molecular flexibility index (Phi) is 5.16. The van der Waals surface area contributed by atoms with Gasteiger partial charge in [0.2, 0.25) is 0 Å². The number of aromatic amines is 1. The predicted molar refractivity (Wildman–Crippen MR) is 119 cm³/mol. The van der Waals surface area contributed by atoms with Gasteiger partial charge in [0.25, 0.3) is 11.5 Å². The molecular formula is C25H25N3O3. The summed E-state index contributed by atoms with van der Waals surface area (Å²) in [6, 6.07) is 19.2. The summed E-state index contributed by atoms with van der Waals surface area (Å²) in [4.78, 5) is 28.4. The van der Waals surface area contributed by atoms with Gasteiger partial charge in [0.1, 0.15) is 5.56 Å². The molecule has 5 rings (SSSR count). The first kappa shape index (κ1) is 19.7. The highest BCUT2D eigenvalue weighted by atomic mass is 16.5. The molecule has 2 aromatic carbocycles. The van der Waals surface area contributed by atoms with E-state index < -0.39 is 5.56 Å². The molecule has 0 unspecified atom stereocenters.